The molecule has 1 aliphatic heterocycles. The van der Waals surface area contributed by atoms with Gasteiger partial charge in [0.2, 0.25) is 5.91 Å². The highest BCUT2D eigenvalue weighted by Crippen LogP contribution is 2.26. The van der Waals surface area contributed by atoms with Gasteiger partial charge >= 0.3 is 5.97 Å². The molecule has 8 nitrogen and oxygen atoms in total. The summed E-state index contributed by atoms with van der Waals surface area (Å²) in [5.41, 5.74) is 3.07. The van der Waals surface area contributed by atoms with Crippen LogP contribution in [0, 0.1) is 11.7 Å². The SMILES string of the molecule is COC(=O)[C@H](C[C@@H]1CCCC1=O)NC(=O)[C@@H]1CCCNN1C(=O)/C=C/c1ccc(Cl)cc1F. The van der Waals surface area contributed by atoms with E-state index in [0.29, 0.717) is 32.2 Å². The zero-order valence-electron chi connectivity index (χ0n) is 18.3. The van der Waals surface area contributed by atoms with Crippen LogP contribution in [0.3, 0.4) is 0 Å². The van der Waals surface area contributed by atoms with Crippen LogP contribution in [0.15, 0.2) is 24.3 Å². The van der Waals surface area contributed by atoms with Crippen molar-refractivity contribution in [2.24, 2.45) is 5.92 Å². The lowest BCUT2D eigenvalue weighted by molar-refractivity contribution is -0.148. The number of Topliss-reactive ketones (excluding diaryl/α,β-unsaturated/α-hetero) is 1. The lowest BCUT2D eigenvalue weighted by atomic mass is 9.97. The summed E-state index contributed by atoms with van der Waals surface area (Å²) in [6, 6.07) is 2.24. The Bertz CT molecular complexity index is 954. The molecule has 2 aliphatic rings. The van der Waals surface area contributed by atoms with Gasteiger partial charge in [-0.1, -0.05) is 17.7 Å². The Morgan fingerprint density at radius 3 is 2.79 bits per heavy atom. The van der Waals surface area contributed by atoms with Crippen LogP contribution in [0.1, 0.15) is 44.1 Å². The predicted octanol–water partition coefficient (Wildman–Crippen LogP) is 2.41. The van der Waals surface area contributed by atoms with E-state index in [4.69, 9.17) is 16.3 Å². The standard InChI is InChI=1S/C23H27ClFN3O5/c1-33-23(32)18(12-15-4-2-6-20(15)29)27-22(31)19-5-3-11-26-28(19)21(30)10-8-14-7-9-16(24)13-17(14)25/h7-10,13,15,18-19,26H,2-6,11-12H2,1H3,(H,27,31)/b10-8+/t15-,18-,19-/m0/s1. The average Bonchev–Trinajstić information content (AvgIpc) is 3.21. The highest BCUT2D eigenvalue weighted by molar-refractivity contribution is 6.30. The molecule has 2 N–H and O–H groups in total. The number of carbonyl (C=O) groups excluding carboxylic acids is 4. The zero-order chi connectivity index (χ0) is 24.0. The van der Waals surface area contributed by atoms with Crippen LogP contribution < -0.4 is 10.7 Å². The molecule has 33 heavy (non-hydrogen) atoms. The first-order valence-electron chi connectivity index (χ1n) is 10.9. The number of halogens is 2. The Kier molecular flexibility index (Phi) is 8.57. The lowest BCUT2D eigenvalue weighted by Crippen LogP contribution is -2.60. The number of ether oxygens (including phenoxy) is 1. The van der Waals surface area contributed by atoms with E-state index in [1.54, 1.807) is 0 Å². The van der Waals surface area contributed by atoms with Crippen molar-refractivity contribution in [3.8, 4) is 0 Å². The third-order valence-electron chi connectivity index (χ3n) is 5.91. The smallest absolute Gasteiger partial charge is 0.328 e. The van der Waals surface area contributed by atoms with Gasteiger partial charge in [-0.15, -0.1) is 0 Å². The number of hydrogen-bond donors (Lipinski definition) is 2. The Labute approximate surface area is 196 Å². The van der Waals surface area contributed by atoms with Gasteiger partial charge in [0.25, 0.3) is 5.91 Å². The molecule has 10 heteroatoms. The Morgan fingerprint density at radius 1 is 1.33 bits per heavy atom. The largest absolute Gasteiger partial charge is 0.467 e. The molecule has 1 saturated carbocycles. The summed E-state index contributed by atoms with van der Waals surface area (Å²) in [6.07, 6.45) is 5.57. The second-order valence-electron chi connectivity index (χ2n) is 8.15. The van der Waals surface area contributed by atoms with Crippen LogP contribution in [0.25, 0.3) is 6.08 Å². The van der Waals surface area contributed by atoms with E-state index < -0.39 is 35.7 Å². The fourth-order valence-corrected chi connectivity index (χ4v) is 4.30. The van der Waals surface area contributed by atoms with Gasteiger partial charge in [-0.2, -0.15) is 0 Å². The summed E-state index contributed by atoms with van der Waals surface area (Å²) in [7, 11) is 1.22. The monoisotopic (exact) mass is 479 g/mol. The minimum atomic E-state index is -0.980. The fourth-order valence-electron chi connectivity index (χ4n) is 4.14. The van der Waals surface area contributed by atoms with Crippen LogP contribution in [-0.2, 0) is 23.9 Å². The molecule has 178 valence electrons. The minimum Gasteiger partial charge on any atom is -0.467 e. The maximum atomic E-state index is 14.0. The van der Waals surface area contributed by atoms with Gasteiger partial charge in [-0.3, -0.25) is 19.4 Å². The van der Waals surface area contributed by atoms with Crippen LogP contribution in [0.2, 0.25) is 5.02 Å². The molecular formula is C23H27ClFN3O5. The summed E-state index contributed by atoms with van der Waals surface area (Å²) in [5.74, 6) is -2.49. The maximum Gasteiger partial charge on any atom is 0.328 e. The molecule has 0 unspecified atom stereocenters. The Morgan fingerprint density at radius 2 is 2.12 bits per heavy atom. The van der Waals surface area contributed by atoms with Crippen molar-refractivity contribution in [1.29, 1.82) is 0 Å². The minimum absolute atomic E-state index is 0.0776. The molecular weight excluding hydrogens is 453 g/mol. The Hall–Kier alpha value is -2.78. The van der Waals surface area contributed by atoms with Crippen molar-refractivity contribution in [3.63, 3.8) is 0 Å². The van der Waals surface area contributed by atoms with E-state index in [1.807, 2.05) is 0 Å². The molecule has 0 spiro atoms. The van der Waals surface area contributed by atoms with Gasteiger partial charge in [-0.05, 0) is 50.3 Å². The van der Waals surface area contributed by atoms with E-state index in [0.717, 1.165) is 12.5 Å². The predicted molar refractivity (Wildman–Crippen MR) is 119 cm³/mol. The van der Waals surface area contributed by atoms with Gasteiger partial charge in [-0.25, -0.2) is 14.6 Å². The van der Waals surface area contributed by atoms with Crippen molar-refractivity contribution in [3.05, 3.63) is 40.7 Å². The highest BCUT2D eigenvalue weighted by atomic mass is 35.5. The normalized spacial score (nSPS) is 21.8. The summed E-state index contributed by atoms with van der Waals surface area (Å²) in [6.45, 7) is 0.482. The number of amides is 2. The summed E-state index contributed by atoms with van der Waals surface area (Å²) in [4.78, 5) is 50.1. The second kappa shape index (κ2) is 11.4. The third kappa shape index (κ3) is 6.39. The van der Waals surface area contributed by atoms with E-state index in [-0.39, 0.29) is 28.7 Å². The number of rotatable bonds is 7. The summed E-state index contributed by atoms with van der Waals surface area (Å²) in [5, 5.41) is 4.08. The molecule has 1 aromatic rings. The van der Waals surface area contributed by atoms with Gasteiger partial charge in [0, 0.05) is 35.5 Å². The number of ketones is 1. The van der Waals surface area contributed by atoms with Gasteiger partial charge in [0.1, 0.15) is 23.7 Å². The topological polar surface area (TPSA) is 105 Å². The molecule has 2 amide bonds. The molecule has 3 rings (SSSR count). The van der Waals surface area contributed by atoms with Crippen molar-refractivity contribution < 1.29 is 28.3 Å². The van der Waals surface area contributed by atoms with Crippen molar-refractivity contribution >= 4 is 41.2 Å². The number of benzene rings is 1. The molecule has 2 fully saturated rings. The van der Waals surface area contributed by atoms with Crippen molar-refractivity contribution in [2.75, 3.05) is 13.7 Å². The van der Waals surface area contributed by atoms with E-state index in [2.05, 4.69) is 10.7 Å². The fraction of sp³-hybridized carbons (Fsp3) is 0.478. The molecule has 1 aromatic carbocycles. The molecule has 1 heterocycles. The number of methoxy groups -OCH3 is 1. The average molecular weight is 480 g/mol. The van der Waals surface area contributed by atoms with Gasteiger partial charge in [0.05, 0.1) is 7.11 Å². The first-order chi connectivity index (χ1) is 15.8. The van der Waals surface area contributed by atoms with Crippen molar-refractivity contribution in [1.82, 2.24) is 15.8 Å². The van der Waals surface area contributed by atoms with Gasteiger partial charge in [0.15, 0.2) is 0 Å². The quantitative estimate of drug-likeness (QED) is 0.459. The Balaban J connectivity index is 1.69. The molecule has 1 aliphatic carbocycles. The van der Waals surface area contributed by atoms with Crippen molar-refractivity contribution in [2.45, 2.75) is 50.6 Å². The molecule has 0 radical (unpaired) electrons. The van der Waals surface area contributed by atoms with Crippen LogP contribution >= 0.6 is 11.6 Å². The molecule has 1 saturated heterocycles. The number of hydrazine groups is 1. The molecule has 3 atom stereocenters. The van der Waals surface area contributed by atoms with E-state index >= 15 is 0 Å². The van der Waals surface area contributed by atoms with E-state index in [1.165, 1.54) is 36.4 Å². The first-order valence-corrected chi connectivity index (χ1v) is 11.3. The highest BCUT2D eigenvalue weighted by Gasteiger charge is 2.36. The number of nitrogens with zero attached hydrogens (tertiary/aromatic N) is 1. The summed E-state index contributed by atoms with van der Waals surface area (Å²) >= 11 is 5.75. The molecule has 0 bridgehead atoms. The summed E-state index contributed by atoms with van der Waals surface area (Å²) < 4.78 is 18.8. The number of hydrogen-bond acceptors (Lipinski definition) is 6. The maximum absolute atomic E-state index is 14.0. The number of carbonyl (C=O) groups is 4. The number of nitrogens with one attached hydrogen (secondary N) is 2. The third-order valence-corrected chi connectivity index (χ3v) is 6.14. The zero-order valence-corrected chi connectivity index (χ0v) is 19.1. The van der Waals surface area contributed by atoms with Crippen LogP contribution in [0.5, 0.6) is 0 Å². The second-order valence-corrected chi connectivity index (χ2v) is 8.59. The van der Waals surface area contributed by atoms with Crippen LogP contribution in [0.4, 0.5) is 4.39 Å². The molecule has 0 aromatic heterocycles. The lowest BCUT2D eigenvalue weighted by Gasteiger charge is -2.35. The van der Waals surface area contributed by atoms with Crippen LogP contribution in [-0.4, -0.2) is 54.3 Å². The van der Waals surface area contributed by atoms with E-state index in [9.17, 15) is 23.6 Å². The van der Waals surface area contributed by atoms with Gasteiger partial charge < -0.3 is 10.1 Å². The number of esters is 1. The first kappa shape index (κ1) is 24.9.